The van der Waals surface area contributed by atoms with Crippen LogP contribution in [0.4, 0.5) is 11.6 Å². The van der Waals surface area contributed by atoms with E-state index in [1.807, 2.05) is 18.4 Å². The SMILES string of the molecule is CNc1ncc([N+](=O)[O-])c(Oc2ccc(SC)cc2)n1. The third kappa shape index (κ3) is 3.15. The normalized spacial score (nSPS) is 10.1. The van der Waals surface area contributed by atoms with Crippen LogP contribution in [-0.4, -0.2) is 28.2 Å². The lowest BCUT2D eigenvalue weighted by Crippen LogP contribution is -2.01. The standard InChI is InChI=1S/C12H12N4O3S/c1-13-12-14-7-10(16(17)18)11(15-12)19-8-3-5-9(20-2)6-4-8/h3-7H,1-2H3,(H,13,14,15). The zero-order chi connectivity index (χ0) is 14.5. The van der Waals surface area contributed by atoms with E-state index in [4.69, 9.17) is 4.74 Å². The molecular formula is C12H12N4O3S. The number of anilines is 1. The van der Waals surface area contributed by atoms with E-state index in [1.165, 1.54) is 0 Å². The van der Waals surface area contributed by atoms with Crippen molar-refractivity contribution in [1.82, 2.24) is 9.97 Å². The third-order valence-electron chi connectivity index (χ3n) is 2.43. The number of ether oxygens (including phenoxy) is 1. The number of aromatic nitrogens is 2. The molecule has 1 N–H and O–H groups in total. The van der Waals surface area contributed by atoms with Crippen LogP contribution in [0.3, 0.4) is 0 Å². The van der Waals surface area contributed by atoms with Crippen LogP contribution >= 0.6 is 11.8 Å². The van der Waals surface area contributed by atoms with Gasteiger partial charge in [-0.3, -0.25) is 10.1 Å². The second-order valence-corrected chi connectivity index (χ2v) is 4.55. The summed E-state index contributed by atoms with van der Waals surface area (Å²) in [4.78, 5) is 19.2. The fourth-order valence-electron chi connectivity index (χ4n) is 1.44. The molecule has 0 saturated heterocycles. The predicted molar refractivity (Wildman–Crippen MR) is 76.5 cm³/mol. The molecule has 2 rings (SSSR count). The molecule has 2 aromatic rings. The first-order chi connectivity index (χ1) is 9.63. The number of hydrogen-bond donors (Lipinski definition) is 1. The highest BCUT2D eigenvalue weighted by Gasteiger charge is 2.19. The lowest BCUT2D eigenvalue weighted by Gasteiger charge is -2.07. The molecule has 1 aromatic carbocycles. The van der Waals surface area contributed by atoms with Crippen molar-refractivity contribution in [2.75, 3.05) is 18.6 Å². The molecule has 0 bridgehead atoms. The summed E-state index contributed by atoms with van der Waals surface area (Å²) in [6, 6.07) is 7.20. The average molecular weight is 292 g/mol. The predicted octanol–water partition coefficient (Wildman–Crippen LogP) is 2.94. The number of nitrogens with zero attached hydrogens (tertiary/aromatic N) is 3. The summed E-state index contributed by atoms with van der Waals surface area (Å²) in [6.07, 6.45) is 3.08. The molecule has 0 atom stereocenters. The van der Waals surface area contributed by atoms with Crippen LogP contribution in [0.5, 0.6) is 11.6 Å². The summed E-state index contributed by atoms with van der Waals surface area (Å²) >= 11 is 1.60. The van der Waals surface area contributed by atoms with Crippen LogP contribution in [0, 0.1) is 10.1 Å². The minimum Gasteiger partial charge on any atom is -0.434 e. The molecule has 0 aliphatic carbocycles. The third-order valence-corrected chi connectivity index (χ3v) is 3.17. The van der Waals surface area contributed by atoms with Crippen molar-refractivity contribution in [1.29, 1.82) is 0 Å². The average Bonchev–Trinajstić information content (AvgIpc) is 2.47. The summed E-state index contributed by atoms with van der Waals surface area (Å²) < 4.78 is 5.47. The number of hydrogen-bond acceptors (Lipinski definition) is 7. The Labute approximate surface area is 119 Å². The van der Waals surface area contributed by atoms with Gasteiger partial charge in [0.25, 0.3) is 0 Å². The van der Waals surface area contributed by atoms with Crippen LogP contribution in [0.25, 0.3) is 0 Å². The van der Waals surface area contributed by atoms with Gasteiger partial charge in [0, 0.05) is 11.9 Å². The van der Waals surface area contributed by atoms with Gasteiger partial charge in [-0.1, -0.05) is 0 Å². The van der Waals surface area contributed by atoms with Crippen molar-refractivity contribution in [2.24, 2.45) is 0 Å². The topological polar surface area (TPSA) is 90.2 Å². The van der Waals surface area contributed by atoms with Gasteiger partial charge < -0.3 is 10.1 Å². The van der Waals surface area contributed by atoms with Gasteiger partial charge in [-0.25, -0.2) is 4.98 Å². The first-order valence-corrected chi connectivity index (χ1v) is 6.87. The Morgan fingerprint density at radius 3 is 2.60 bits per heavy atom. The molecule has 1 heterocycles. The van der Waals surface area contributed by atoms with E-state index in [0.29, 0.717) is 5.75 Å². The Morgan fingerprint density at radius 2 is 2.05 bits per heavy atom. The molecule has 8 heteroatoms. The number of nitro groups is 1. The molecule has 0 aliphatic rings. The minimum absolute atomic E-state index is 0.0914. The molecule has 0 unspecified atom stereocenters. The summed E-state index contributed by atoms with van der Waals surface area (Å²) in [7, 11) is 1.62. The fraction of sp³-hybridized carbons (Fsp3) is 0.167. The molecule has 104 valence electrons. The Hall–Kier alpha value is -2.35. The first kappa shape index (κ1) is 14.1. The summed E-state index contributed by atoms with van der Waals surface area (Å²) in [5, 5.41) is 13.6. The molecule has 0 aliphatic heterocycles. The maximum Gasteiger partial charge on any atom is 0.349 e. The van der Waals surface area contributed by atoms with Gasteiger partial charge in [-0.2, -0.15) is 4.98 Å². The molecule has 0 amide bonds. The van der Waals surface area contributed by atoms with Crippen LogP contribution < -0.4 is 10.1 Å². The van der Waals surface area contributed by atoms with Crippen LogP contribution in [0.15, 0.2) is 35.4 Å². The zero-order valence-corrected chi connectivity index (χ0v) is 11.7. The van der Waals surface area contributed by atoms with E-state index in [1.54, 1.807) is 30.9 Å². The molecule has 0 spiro atoms. The van der Waals surface area contributed by atoms with Gasteiger partial charge in [-0.15, -0.1) is 11.8 Å². The number of benzene rings is 1. The Bertz CT molecular complexity index is 619. The molecule has 7 nitrogen and oxygen atoms in total. The maximum absolute atomic E-state index is 10.9. The van der Waals surface area contributed by atoms with Gasteiger partial charge >= 0.3 is 11.6 Å². The van der Waals surface area contributed by atoms with Gasteiger partial charge in [0.05, 0.1) is 4.92 Å². The smallest absolute Gasteiger partial charge is 0.349 e. The quantitative estimate of drug-likeness (QED) is 0.514. The van der Waals surface area contributed by atoms with E-state index in [0.717, 1.165) is 11.1 Å². The number of nitrogens with one attached hydrogen (secondary N) is 1. The molecular weight excluding hydrogens is 280 g/mol. The zero-order valence-electron chi connectivity index (χ0n) is 10.9. The summed E-state index contributed by atoms with van der Waals surface area (Å²) in [5.74, 6) is 0.643. The number of rotatable bonds is 5. The highest BCUT2D eigenvalue weighted by molar-refractivity contribution is 7.98. The van der Waals surface area contributed by atoms with Gasteiger partial charge in [-0.05, 0) is 30.5 Å². The van der Waals surface area contributed by atoms with E-state index in [2.05, 4.69) is 15.3 Å². The van der Waals surface area contributed by atoms with E-state index in [9.17, 15) is 10.1 Å². The Kier molecular flexibility index (Phi) is 4.36. The molecule has 0 radical (unpaired) electrons. The molecule has 1 aromatic heterocycles. The monoisotopic (exact) mass is 292 g/mol. The van der Waals surface area contributed by atoms with Crippen molar-refractivity contribution in [2.45, 2.75) is 4.90 Å². The van der Waals surface area contributed by atoms with Gasteiger partial charge in [0.2, 0.25) is 5.95 Å². The van der Waals surface area contributed by atoms with Crippen molar-refractivity contribution in [3.63, 3.8) is 0 Å². The second-order valence-electron chi connectivity index (χ2n) is 3.67. The fourth-order valence-corrected chi connectivity index (χ4v) is 1.84. The first-order valence-electron chi connectivity index (χ1n) is 5.65. The molecule has 0 saturated carbocycles. The highest BCUT2D eigenvalue weighted by atomic mass is 32.2. The van der Waals surface area contributed by atoms with Crippen LogP contribution in [0.1, 0.15) is 0 Å². The molecule has 20 heavy (non-hydrogen) atoms. The van der Waals surface area contributed by atoms with Crippen molar-refractivity contribution in [3.05, 3.63) is 40.6 Å². The number of thioether (sulfide) groups is 1. The van der Waals surface area contributed by atoms with E-state index in [-0.39, 0.29) is 17.5 Å². The van der Waals surface area contributed by atoms with Gasteiger partial charge in [0.15, 0.2) is 0 Å². The molecule has 0 fully saturated rings. The summed E-state index contributed by atoms with van der Waals surface area (Å²) in [5.41, 5.74) is -0.280. The Balaban J connectivity index is 2.32. The summed E-state index contributed by atoms with van der Waals surface area (Å²) in [6.45, 7) is 0. The van der Waals surface area contributed by atoms with Crippen molar-refractivity contribution in [3.8, 4) is 11.6 Å². The van der Waals surface area contributed by atoms with Crippen molar-refractivity contribution >= 4 is 23.4 Å². The van der Waals surface area contributed by atoms with E-state index < -0.39 is 4.92 Å². The maximum atomic E-state index is 10.9. The lowest BCUT2D eigenvalue weighted by atomic mass is 10.3. The second kappa shape index (κ2) is 6.20. The largest absolute Gasteiger partial charge is 0.434 e. The van der Waals surface area contributed by atoms with Crippen LogP contribution in [-0.2, 0) is 0 Å². The lowest BCUT2D eigenvalue weighted by molar-refractivity contribution is -0.386. The Morgan fingerprint density at radius 1 is 1.35 bits per heavy atom. The minimum atomic E-state index is -0.578. The van der Waals surface area contributed by atoms with E-state index >= 15 is 0 Å². The van der Waals surface area contributed by atoms with Gasteiger partial charge in [0.1, 0.15) is 11.9 Å². The van der Waals surface area contributed by atoms with Crippen LogP contribution in [0.2, 0.25) is 0 Å². The highest BCUT2D eigenvalue weighted by Crippen LogP contribution is 2.30. The van der Waals surface area contributed by atoms with Crippen molar-refractivity contribution < 1.29 is 9.66 Å².